The van der Waals surface area contributed by atoms with Crippen molar-refractivity contribution < 1.29 is 4.74 Å². The third-order valence-corrected chi connectivity index (χ3v) is 7.41. The summed E-state index contributed by atoms with van der Waals surface area (Å²) in [5.74, 6) is 2.41. The van der Waals surface area contributed by atoms with E-state index in [1.165, 1.54) is 45.4 Å². The summed E-state index contributed by atoms with van der Waals surface area (Å²) in [4.78, 5) is 0. The van der Waals surface area contributed by atoms with Gasteiger partial charge in [-0.25, -0.2) is 0 Å². The number of allylic oxidation sites excluding steroid dienone is 13. The van der Waals surface area contributed by atoms with Crippen molar-refractivity contribution in [2.45, 2.75) is 44.6 Å². The minimum absolute atomic E-state index is 0.332. The Balaban J connectivity index is 1.42. The molecule has 0 saturated heterocycles. The van der Waals surface area contributed by atoms with Crippen LogP contribution >= 0.6 is 0 Å². The quantitative estimate of drug-likeness (QED) is 0.442. The van der Waals surface area contributed by atoms with Crippen LogP contribution in [-0.2, 0) is 4.74 Å². The minimum atomic E-state index is 0.332. The van der Waals surface area contributed by atoms with Gasteiger partial charge in [-0.05, 0) is 66.4 Å². The Kier molecular flexibility index (Phi) is 4.00. The fourth-order valence-electron chi connectivity index (χ4n) is 5.92. The van der Waals surface area contributed by atoms with E-state index in [-0.39, 0.29) is 0 Å². The van der Waals surface area contributed by atoms with Crippen LogP contribution in [-0.4, -0.2) is 12.3 Å². The third-order valence-electron chi connectivity index (χ3n) is 7.41. The smallest absolute Gasteiger partial charge is 0.109 e. The number of rotatable bonds is 2. The van der Waals surface area contributed by atoms with Crippen LogP contribution in [0.15, 0.2) is 93.9 Å². The molecule has 6 aliphatic rings. The Hall–Kier alpha value is -2.61. The second-order valence-corrected chi connectivity index (χ2v) is 9.01. The van der Waals surface area contributed by atoms with Gasteiger partial charge in [0.15, 0.2) is 0 Å². The van der Waals surface area contributed by atoms with E-state index < -0.39 is 0 Å². The molecule has 29 heavy (non-hydrogen) atoms. The molecule has 5 aliphatic carbocycles. The van der Waals surface area contributed by atoms with Crippen LogP contribution in [0.4, 0.5) is 0 Å². The maximum absolute atomic E-state index is 7.57. The molecule has 1 N–H and O–H groups in total. The first kappa shape index (κ1) is 17.3. The molecule has 6 rings (SSSR count). The number of hydrogen-bond donors (Lipinski definition) is 1. The third kappa shape index (κ3) is 2.73. The van der Waals surface area contributed by atoms with Gasteiger partial charge in [-0.1, -0.05) is 54.7 Å². The fourth-order valence-corrected chi connectivity index (χ4v) is 5.92. The molecule has 4 atom stereocenters. The Morgan fingerprint density at radius 1 is 0.862 bits per heavy atom. The van der Waals surface area contributed by atoms with Crippen LogP contribution in [0.5, 0.6) is 0 Å². The summed E-state index contributed by atoms with van der Waals surface area (Å²) >= 11 is 0. The first-order valence-electron chi connectivity index (χ1n) is 11.1. The molecule has 1 aliphatic heterocycles. The minimum Gasteiger partial charge on any atom is -0.493 e. The lowest BCUT2D eigenvalue weighted by Crippen LogP contribution is -2.23. The van der Waals surface area contributed by atoms with Crippen LogP contribution < -0.4 is 0 Å². The van der Waals surface area contributed by atoms with Crippen LogP contribution in [0.2, 0.25) is 0 Å². The molecule has 146 valence electrons. The predicted octanol–water partition coefficient (Wildman–Crippen LogP) is 6.29. The van der Waals surface area contributed by atoms with Crippen molar-refractivity contribution in [1.29, 1.82) is 5.41 Å². The van der Waals surface area contributed by atoms with Crippen molar-refractivity contribution in [3.05, 3.63) is 93.9 Å². The van der Waals surface area contributed by atoms with Crippen molar-refractivity contribution in [2.75, 3.05) is 0 Å². The van der Waals surface area contributed by atoms with Gasteiger partial charge >= 0.3 is 0 Å². The summed E-state index contributed by atoms with van der Waals surface area (Å²) in [5, 5.41) is 7.57. The van der Waals surface area contributed by atoms with Gasteiger partial charge < -0.3 is 10.1 Å². The van der Waals surface area contributed by atoms with Gasteiger partial charge in [0.05, 0.1) is 0 Å². The molecule has 0 aromatic rings. The van der Waals surface area contributed by atoms with Crippen molar-refractivity contribution in [3.8, 4) is 0 Å². The molecule has 0 amide bonds. The van der Waals surface area contributed by atoms with E-state index in [2.05, 4.69) is 54.7 Å². The molecule has 0 aromatic carbocycles. The lowest BCUT2D eigenvalue weighted by molar-refractivity contribution is 0.0963. The topological polar surface area (TPSA) is 33.1 Å². The van der Waals surface area contributed by atoms with Crippen LogP contribution in [0.1, 0.15) is 38.5 Å². The summed E-state index contributed by atoms with van der Waals surface area (Å²) < 4.78 is 6.53. The Morgan fingerprint density at radius 2 is 1.69 bits per heavy atom. The summed E-state index contributed by atoms with van der Waals surface area (Å²) in [7, 11) is 0. The number of hydrogen-bond acceptors (Lipinski definition) is 2. The number of fused-ring (bicyclic) bond motifs is 4. The van der Waals surface area contributed by atoms with Gasteiger partial charge in [-0.2, -0.15) is 0 Å². The monoisotopic (exact) mass is 381 g/mol. The van der Waals surface area contributed by atoms with E-state index in [1.807, 2.05) is 0 Å². The predicted molar refractivity (Wildman–Crippen MR) is 118 cm³/mol. The van der Waals surface area contributed by atoms with Crippen molar-refractivity contribution in [3.63, 3.8) is 0 Å². The van der Waals surface area contributed by atoms with Gasteiger partial charge in [-0.15, -0.1) is 0 Å². The lowest BCUT2D eigenvalue weighted by Gasteiger charge is -2.34. The van der Waals surface area contributed by atoms with E-state index in [4.69, 9.17) is 10.1 Å². The summed E-state index contributed by atoms with van der Waals surface area (Å²) in [6.45, 7) is 0. The van der Waals surface area contributed by atoms with E-state index >= 15 is 0 Å². The first-order valence-corrected chi connectivity index (χ1v) is 11.1. The Bertz CT molecular complexity index is 1020. The zero-order valence-corrected chi connectivity index (χ0v) is 16.7. The standard InChI is InChI=1S/C27H27NO/c28-16-17-9-10-19-14-20(12-11-18(19)13-17)24-15-25-22-6-3-4-8-26(22)29-27(25)23-7-2-1-5-21(23)24/h1-3,5-7,13-16,21-23,26,28H,4,8-12H2. The molecule has 1 heterocycles. The Morgan fingerprint density at radius 3 is 2.59 bits per heavy atom. The largest absolute Gasteiger partial charge is 0.493 e. The number of ether oxygens (including phenoxy) is 1. The molecule has 0 aromatic heterocycles. The molecule has 0 saturated carbocycles. The molecule has 0 fully saturated rings. The zero-order chi connectivity index (χ0) is 19.4. The molecule has 0 radical (unpaired) electrons. The molecule has 0 bridgehead atoms. The summed E-state index contributed by atoms with van der Waals surface area (Å²) in [5.41, 5.74) is 8.56. The molecule has 0 spiro atoms. The fraction of sp³-hybridized carbons (Fsp3) is 0.370. The summed E-state index contributed by atoms with van der Waals surface area (Å²) in [6.07, 6.45) is 29.4. The van der Waals surface area contributed by atoms with Gasteiger partial charge in [0, 0.05) is 29.5 Å². The average Bonchev–Trinajstić information content (AvgIpc) is 3.17. The van der Waals surface area contributed by atoms with Gasteiger partial charge in [0.1, 0.15) is 11.9 Å². The highest BCUT2D eigenvalue weighted by molar-refractivity contribution is 5.78. The second kappa shape index (κ2) is 6.73. The lowest BCUT2D eigenvalue weighted by atomic mass is 9.70. The zero-order valence-electron chi connectivity index (χ0n) is 16.7. The van der Waals surface area contributed by atoms with Crippen LogP contribution in [0.25, 0.3) is 0 Å². The Labute approximate surface area is 172 Å². The van der Waals surface area contributed by atoms with Crippen molar-refractivity contribution in [2.24, 2.45) is 17.8 Å². The highest BCUT2D eigenvalue weighted by Crippen LogP contribution is 2.51. The molecule has 2 heteroatoms. The maximum atomic E-state index is 7.57. The maximum Gasteiger partial charge on any atom is 0.109 e. The number of nitrogens with one attached hydrogen (secondary N) is 1. The molecule has 2 nitrogen and oxygen atoms in total. The van der Waals surface area contributed by atoms with Gasteiger partial charge in [0.2, 0.25) is 0 Å². The van der Waals surface area contributed by atoms with Crippen molar-refractivity contribution in [1.82, 2.24) is 0 Å². The van der Waals surface area contributed by atoms with E-state index in [0.29, 0.717) is 23.9 Å². The molecular weight excluding hydrogens is 354 g/mol. The SMILES string of the molecule is N=CC1=CC2=C(C=C(C3=CC4=C(OC5CCC=CC45)C4C=CC=CC34)CC2)CC1. The first-order chi connectivity index (χ1) is 14.3. The highest BCUT2D eigenvalue weighted by atomic mass is 16.5. The van der Waals surface area contributed by atoms with E-state index in [0.717, 1.165) is 38.5 Å². The molecule has 4 unspecified atom stereocenters. The normalized spacial score (nSPS) is 34.4. The molecular formula is C27H27NO. The van der Waals surface area contributed by atoms with Gasteiger partial charge in [0.25, 0.3) is 0 Å². The highest BCUT2D eigenvalue weighted by Gasteiger charge is 2.43. The average molecular weight is 382 g/mol. The van der Waals surface area contributed by atoms with Crippen molar-refractivity contribution >= 4 is 6.21 Å². The van der Waals surface area contributed by atoms with Crippen LogP contribution in [0, 0.1) is 23.2 Å². The van der Waals surface area contributed by atoms with E-state index in [1.54, 1.807) is 0 Å². The van der Waals surface area contributed by atoms with E-state index in [9.17, 15) is 0 Å². The second-order valence-electron chi connectivity index (χ2n) is 9.01. The van der Waals surface area contributed by atoms with Gasteiger partial charge in [-0.3, -0.25) is 0 Å². The summed E-state index contributed by atoms with van der Waals surface area (Å²) in [6, 6.07) is 0. The van der Waals surface area contributed by atoms with Crippen LogP contribution in [0.3, 0.4) is 0 Å².